The zero-order chi connectivity index (χ0) is 20.6. The highest BCUT2D eigenvalue weighted by atomic mass is 35.5. The lowest BCUT2D eigenvalue weighted by molar-refractivity contribution is -0.116. The number of benzene rings is 2. The Morgan fingerprint density at radius 1 is 1.00 bits per heavy atom. The minimum absolute atomic E-state index is 0.0638. The highest BCUT2D eigenvalue weighted by Crippen LogP contribution is 2.23. The van der Waals surface area contributed by atoms with Crippen molar-refractivity contribution in [2.75, 3.05) is 17.2 Å². The van der Waals surface area contributed by atoms with E-state index in [1.165, 1.54) is 0 Å². The summed E-state index contributed by atoms with van der Waals surface area (Å²) in [4.78, 5) is 20.8. The molecule has 3 rings (SSSR count). The van der Waals surface area contributed by atoms with E-state index >= 15 is 0 Å². The number of amides is 1. The molecule has 29 heavy (non-hydrogen) atoms. The molecule has 150 valence electrons. The van der Waals surface area contributed by atoms with Gasteiger partial charge >= 0.3 is 0 Å². The summed E-state index contributed by atoms with van der Waals surface area (Å²) in [5.41, 5.74) is 3.39. The van der Waals surface area contributed by atoms with Crippen LogP contribution in [-0.4, -0.2) is 22.5 Å². The highest BCUT2D eigenvalue weighted by molar-refractivity contribution is 6.32. The molecule has 0 unspecified atom stereocenters. The van der Waals surface area contributed by atoms with Gasteiger partial charge in [0.15, 0.2) is 0 Å². The second-order valence-electron chi connectivity index (χ2n) is 6.61. The normalized spacial score (nSPS) is 10.4. The van der Waals surface area contributed by atoms with Gasteiger partial charge < -0.3 is 15.4 Å². The lowest BCUT2D eigenvalue weighted by atomic mass is 10.2. The molecule has 0 bridgehead atoms. The van der Waals surface area contributed by atoms with Crippen molar-refractivity contribution in [1.82, 2.24) is 9.97 Å². The number of nitrogens with zero attached hydrogens (tertiary/aromatic N) is 2. The topological polar surface area (TPSA) is 76.1 Å². The van der Waals surface area contributed by atoms with Gasteiger partial charge in [0.05, 0.1) is 11.6 Å². The van der Waals surface area contributed by atoms with E-state index < -0.39 is 0 Å². The van der Waals surface area contributed by atoms with Crippen molar-refractivity contribution in [3.8, 4) is 5.75 Å². The molecule has 0 radical (unpaired) electrons. The van der Waals surface area contributed by atoms with Crippen molar-refractivity contribution in [1.29, 1.82) is 0 Å². The average Bonchev–Trinajstić information content (AvgIpc) is 2.67. The van der Waals surface area contributed by atoms with Crippen molar-refractivity contribution < 1.29 is 9.53 Å². The number of rotatable bonds is 8. The molecular weight excluding hydrogens is 388 g/mol. The van der Waals surface area contributed by atoms with E-state index in [0.29, 0.717) is 36.2 Å². The number of hydrogen-bond donors (Lipinski definition) is 2. The number of halogens is 1. The first-order valence-electron chi connectivity index (χ1n) is 9.36. The van der Waals surface area contributed by atoms with Gasteiger partial charge in [-0.1, -0.05) is 23.7 Å². The third-order valence-corrected chi connectivity index (χ3v) is 4.36. The molecule has 0 saturated heterocycles. The SMILES string of the molecule is Cc1cc(C)nc(Nc2ccc(NC(=O)CCCOc3ccccc3Cl)cc2)n1. The molecule has 1 heterocycles. The van der Waals surface area contributed by atoms with E-state index in [-0.39, 0.29) is 5.91 Å². The van der Waals surface area contributed by atoms with Crippen LogP contribution in [0.4, 0.5) is 17.3 Å². The van der Waals surface area contributed by atoms with Gasteiger partial charge in [-0.3, -0.25) is 4.79 Å². The number of carbonyl (C=O) groups excluding carboxylic acids is 1. The summed E-state index contributed by atoms with van der Waals surface area (Å²) in [5.74, 6) is 1.12. The van der Waals surface area contributed by atoms with Gasteiger partial charge in [0, 0.05) is 29.2 Å². The molecule has 3 aromatic rings. The molecule has 0 spiro atoms. The van der Waals surface area contributed by atoms with Crippen LogP contribution in [0.15, 0.2) is 54.6 Å². The van der Waals surface area contributed by atoms with Gasteiger partial charge in [0.1, 0.15) is 5.75 Å². The average molecular weight is 411 g/mol. The van der Waals surface area contributed by atoms with Gasteiger partial charge in [-0.25, -0.2) is 9.97 Å². The van der Waals surface area contributed by atoms with E-state index in [0.717, 1.165) is 22.8 Å². The zero-order valence-corrected chi connectivity index (χ0v) is 17.2. The molecule has 2 aromatic carbocycles. The van der Waals surface area contributed by atoms with Crippen molar-refractivity contribution in [2.45, 2.75) is 26.7 Å². The van der Waals surface area contributed by atoms with Crippen LogP contribution in [-0.2, 0) is 4.79 Å². The molecular formula is C22H23ClN4O2. The van der Waals surface area contributed by atoms with Crippen molar-refractivity contribution in [2.24, 2.45) is 0 Å². The predicted octanol–water partition coefficient (Wildman–Crippen LogP) is 5.29. The van der Waals surface area contributed by atoms with E-state index in [1.54, 1.807) is 12.1 Å². The third kappa shape index (κ3) is 6.47. The first kappa shape index (κ1) is 20.6. The monoisotopic (exact) mass is 410 g/mol. The van der Waals surface area contributed by atoms with Gasteiger partial charge in [0.25, 0.3) is 0 Å². The van der Waals surface area contributed by atoms with Gasteiger partial charge in [-0.05, 0) is 62.7 Å². The van der Waals surface area contributed by atoms with Crippen LogP contribution in [0.1, 0.15) is 24.2 Å². The van der Waals surface area contributed by atoms with Crippen molar-refractivity contribution in [3.63, 3.8) is 0 Å². The van der Waals surface area contributed by atoms with Gasteiger partial charge in [0.2, 0.25) is 11.9 Å². The number of para-hydroxylation sites is 1. The molecule has 6 nitrogen and oxygen atoms in total. The molecule has 7 heteroatoms. The second kappa shape index (κ2) is 9.89. The Bertz CT molecular complexity index is 957. The van der Waals surface area contributed by atoms with E-state index in [4.69, 9.17) is 16.3 Å². The number of carbonyl (C=O) groups is 1. The van der Waals surface area contributed by atoms with Crippen LogP contribution < -0.4 is 15.4 Å². The largest absolute Gasteiger partial charge is 0.492 e. The first-order valence-corrected chi connectivity index (χ1v) is 9.74. The number of aryl methyl sites for hydroxylation is 2. The van der Waals surface area contributed by atoms with E-state index in [9.17, 15) is 4.79 Å². The molecule has 1 amide bonds. The van der Waals surface area contributed by atoms with Gasteiger partial charge in [-0.2, -0.15) is 0 Å². The lowest BCUT2D eigenvalue weighted by Gasteiger charge is -2.09. The van der Waals surface area contributed by atoms with Crippen molar-refractivity contribution in [3.05, 3.63) is 71.0 Å². The van der Waals surface area contributed by atoms with E-state index in [2.05, 4.69) is 20.6 Å². The summed E-state index contributed by atoms with van der Waals surface area (Å²) >= 11 is 6.03. The summed E-state index contributed by atoms with van der Waals surface area (Å²) in [6.07, 6.45) is 0.960. The number of hydrogen-bond acceptors (Lipinski definition) is 5. The lowest BCUT2D eigenvalue weighted by Crippen LogP contribution is -2.12. The van der Waals surface area contributed by atoms with Crippen molar-refractivity contribution >= 4 is 34.8 Å². The van der Waals surface area contributed by atoms with Crippen LogP contribution in [0, 0.1) is 13.8 Å². The van der Waals surface area contributed by atoms with E-state index in [1.807, 2.05) is 56.3 Å². The summed E-state index contributed by atoms with van der Waals surface area (Å²) in [5, 5.41) is 6.61. The fourth-order valence-corrected chi connectivity index (χ4v) is 2.94. The molecule has 0 aliphatic heterocycles. The molecule has 1 aromatic heterocycles. The maximum absolute atomic E-state index is 12.1. The second-order valence-corrected chi connectivity index (χ2v) is 7.01. The maximum Gasteiger partial charge on any atom is 0.227 e. The number of nitrogens with one attached hydrogen (secondary N) is 2. The molecule has 0 aliphatic rings. The van der Waals surface area contributed by atoms with Crippen LogP contribution in [0.3, 0.4) is 0 Å². The predicted molar refractivity (Wildman–Crippen MR) is 116 cm³/mol. The number of aromatic nitrogens is 2. The first-order chi connectivity index (χ1) is 14.0. The Balaban J connectivity index is 1.44. The fourth-order valence-electron chi connectivity index (χ4n) is 2.75. The summed E-state index contributed by atoms with van der Waals surface area (Å²) in [6.45, 7) is 4.28. The van der Waals surface area contributed by atoms with Gasteiger partial charge in [-0.15, -0.1) is 0 Å². The minimum atomic E-state index is -0.0638. The Morgan fingerprint density at radius 2 is 1.66 bits per heavy atom. The Kier molecular flexibility index (Phi) is 7.03. The fraction of sp³-hybridized carbons (Fsp3) is 0.227. The summed E-state index contributed by atoms with van der Waals surface area (Å²) in [6, 6.07) is 16.6. The smallest absolute Gasteiger partial charge is 0.227 e. The molecule has 2 N–H and O–H groups in total. The number of anilines is 3. The van der Waals surface area contributed by atoms with Crippen LogP contribution >= 0.6 is 11.6 Å². The quantitative estimate of drug-likeness (QED) is 0.493. The Labute approximate surface area is 175 Å². The molecule has 0 aliphatic carbocycles. The maximum atomic E-state index is 12.1. The Hall–Kier alpha value is -3.12. The highest BCUT2D eigenvalue weighted by Gasteiger charge is 2.05. The summed E-state index contributed by atoms with van der Waals surface area (Å²) < 4.78 is 5.59. The van der Waals surface area contributed by atoms with Crippen LogP contribution in [0.2, 0.25) is 5.02 Å². The molecule has 0 fully saturated rings. The van der Waals surface area contributed by atoms with Crippen LogP contribution in [0.25, 0.3) is 0 Å². The third-order valence-electron chi connectivity index (χ3n) is 4.05. The number of ether oxygens (including phenoxy) is 1. The Morgan fingerprint density at radius 3 is 2.34 bits per heavy atom. The van der Waals surface area contributed by atoms with Crippen LogP contribution in [0.5, 0.6) is 5.75 Å². The molecule has 0 saturated carbocycles. The molecule has 0 atom stereocenters. The zero-order valence-electron chi connectivity index (χ0n) is 16.4. The minimum Gasteiger partial charge on any atom is -0.492 e. The summed E-state index contributed by atoms with van der Waals surface area (Å²) in [7, 11) is 0. The standard InChI is InChI=1S/C22H23ClN4O2/c1-15-14-16(2)25-22(24-15)27-18-11-9-17(10-12-18)26-21(28)8-5-13-29-20-7-4-3-6-19(20)23/h3-4,6-7,9-12,14H,5,8,13H2,1-2H3,(H,26,28)(H,24,25,27).